The highest BCUT2D eigenvalue weighted by atomic mass is 19.1. The summed E-state index contributed by atoms with van der Waals surface area (Å²) in [7, 11) is 0. The van der Waals surface area contributed by atoms with Gasteiger partial charge in [0.05, 0.1) is 11.6 Å². The molecule has 0 spiro atoms. The summed E-state index contributed by atoms with van der Waals surface area (Å²) < 4.78 is 18.6. The number of aryl methyl sites for hydroxylation is 2. The maximum atomic E-state index is 13.6. The molecule has 0 saturated heterocycles. The molecule has 1 N–H and O–H groups in total. The molecule has 2 aromatic rings. The van der Waals surface area contributed by atoms with Crippen molar-refractivity contribution in [1.29, 1.82) is 0 Å². The van der Waals surface area contributed by atoms with E-state index >= 15 is 0 Å². The predicted octanol–water partition coefficient (Wildman–Crippen LogP) is 3.67. The fraction of sp³-hybridized carbons (Fsp3) is 0.368. The van der Waals surface area contributed by atoms with E-state index in [4.69, 9.17) is 4.42 Å². The largest absolute Gasteiger partial charge is 0.427 e. The van der Waals surface area contributed by atoms with Crippen LogP contribution in [0.2, 0.25) is 0 Å². The Balaban J connectivity index is 1.91. The predicted molar refractivity (Wildman–Crippen MR) is 88.4 cm³/mol. The van der Waals surface area contributed by atoms with Crippen molar-refractivity contribution in [3.8, 4) is 0 Å². The Hall–Kier alpha value is -2.43. The molecule has 3 rings (SSSR count). The standard InChI is InChI=1S/C19H20FNO3/c1-11-9-16(22)24-12(2)17(11)19(23)21-18(13-5-3-6-13)14-7-4-8-15(20)10-14/h4,7-10,13,18H,3,5-6H2,1-2H3,(H,21,23)/t18-/m0/s1. The lowest BCUT2D eigenvalue weighted by Gasteiger charge is -2.34. The molecule has 1 aliphatic carbocycles. The zero-order valence-electron chi connectivity index (χ0n) is 13.8. The van der Waals surface area contributed by atoms with Gasteiger partial charge in [0.2, 0.25) is 0 Å². The Morgan fingerprint density at radius 1 is 1.29 bits per heavy atom. The van der Waals surface area contributed by atoms with Crippen LogP contribution in [-0.4, -0.2) is 5.91 Å². The van der Waals surface area contributed by atoms with Gasteiger partial charge in [-0.1, -0.05) is 18.6 Å². The van der Waals surface area contributed by atoms with Crippen LogP contribution >= 0.6 is 0 Å². The average molecular weight is 329 g/mol. The molecule has 0 bridgehead atoms. The van der Waals surface area contributed by atoms with E-state index in [0.717, 1.165) is 24.8 Å². The summed E-state index contributed by atoms with van der Waals surface area (Å²) >= 11 is 0. The van der Waals surface area contributed by atoms with Crippen LogP contribution in [0.3, 0.4) is 0 Å². The van der Waals surface area contributed by atoms with Gasteiger partial charge in [0.15, 0.2) is 0 Å². The molecule has 126 valence electrons. The van der Waals surface area contributed by atoms with Crippen LogP contribution in [0.15, 0.2) is 39.5 Å². The van der Waals surface area contributed by atoms with Crippen molar-refractivity contribution in [1.82, 2.24) is 5.32 Å². The van der Waals surface area contributed by atoms with Gasteiger partial charge in [-0.2, -0.15) is 0 Å². The third-order valence-corrected chi connectivity index (χ3v) is 4.68. The Labute approximate surface area is 139 Å². The third kappa shape index (κ3) is 3.25. The van der Waals surface area contributed by atoms with Gasteiger partial charge in [0.25, 0.3) is 5.91 Å². The molecule has 0 unspecified atom stereocenters. The average Bonchev–Trinajstić information content (AvgIpc) is 2.43. The van der Waals surface area contributed by atoms with E-state index in [9.17, 15) is 14.0 Å². The quantitative estimate of drug-likeness (QED) is 0.931. The minimum Gasteiger partial charge on any atom is -0.427 e. The number of hydrogen-bond donors (Lipinski definition) is 1. The van der Waals surface area contributed by atoms with Crippen LogP contribution in [0.5, 0.6) is 0 Å². The molecule has 1 fully saturated rings. The normalized spacial score (nSPS) is 15.6. The highest BCUT2D eigenvalue weighted by Crippen LogP contribution is 2.38. The van der Waals surface area contributed by atoms with Crippen molar-refractivity contribution >= 4 is 5.91 Å². The number of benzene rings is 1. The number of halogens is 1. The first kappa shape index (κ1) is 16.4. The maximum Gasteiger partial charge on any atom is 0.336 e. The minimum absolute atomic E-state index is 0.243. The molecular weight excluding hydrogens is 309 g/mol. The molecule has 5 heteroatoms. The first-order valence-corrected chi connectivity index (χ1v) is 8.13. The third-order valence-electron chi connectivity index (χ3n) is 4.68. The van der Waals surface area contributed by atoms with E-state index in [1.54, 1.807) is 19.9 Å². The Kier molecular flexibility index (Phi) is 4.51. The molecule has 1 amide bonds. The van der Waals surface area contributed by atoms with Gasteiger partial charge < -0.3 is 9.73 Å². The molecule has 24 heavy (non-hydrogen) atoms. The number of rotatable bonds is 4. The van der Waals surface area contributed by atoms with E-state index in [2.05, 4.69) is 5.32 Å². The van der Waals surface area contributed by atoms with Crippen LogP contribution < -0.4 is 10.9 Å². The highest BCUT2D eigenvalue weighted by molar-refractivity contribution is 5.96. The van der Waals surface area contributed by atoms with Crippen molar-refractivity contribution < 1.29 is 13.6 Å². The lowest BCUT2D eigenvalue weighted by molar-refractivity contribution is 0.0896. The SMILES string of the molecule is Cc1cc(=O)oc(C)c1C(=O)N[C@H](c1cccc(F)c1)C1CCC1. The lowest BCUT2D eigenvalue weighted by Crippen LogP contribution is -2.37. The molecule has 1 heterocycles. The Morgan fingerprint density at radius 2 is 2.04 bits per heavy atom. The smallest absolute Gasteiger partial charge is 0.336 e. The number of nitrogens with one attached hydrogen (secondary N) is 1. The number of amides is 1. The van der Waals surface area contributed by atoms with Crippen LogP contribution in [-0.2, 0) is 0 Å². The van der Waals surface area contributed by atoms with Gasteiger partial charge in [-0.25, -0.2) is 9.18 Å². The summed E-state index contributed by atoms with van der Waals surface area (Å²) in [5.41, 5.74) is 1.24. The summed E-state index contributed by atoms with van der Waals surface area (Å²) in [5, 5.41) is 3.01. The molecule has 0 radical (unpaired) electrons. The fourth-order valence-corrected chi connectivity index (χ4v) is 3.26. The molecule has 1 atom stereocenters. The van der Waals surface area contributed by atoms with E-state index < -0.39 is 5.63 Å². The molecule has 1 saturated carbocycles. The van der Waals surface area contributed by atoms with Gasteiger partial charge in [0, 0.05) is 6.07 Å². The second-order valence-corrected chi connectivity index (χ2v) is 6.38. The molecule has 4 nitrogen and oxygen atoms in total. The lowest BCUT2D eigenvalue weighted by atomic mass is 9.77. The van der Waals surface area contributed by atoms with Crippen LogP contribution in [0.1, 0.15) is 52.5 Å². The first-order valence-electron chi connectivity index (χ1n) is 8.13. The summed E-state index contributed by atoms with van der Waals surface area (Å²) in [6.45, 7) is 3.31. The van der Waals surface area contributed by atoms with Crippen LogP contribution in [0, 0.1) is 25.6 Å². The number of hydrogen-bond acceptors (Lipinski definition) is 3. The summed E-state index contributed by atoms with van der Waals surface area (Å²) in [6.07, 6.45) is 3.12. The zero-order valence-corrected chi connectivity index (χ0v) is 13.8. The Morgan fingerprint density at radius 3 is 2.62 bits per heavy atom. The number of carbonyl (C=O) groups is 1. The van der Waals surface area contributed by atoms with E-state index in [1.807, 2.05) is 6.07 Å². The minimum atomic E-state index is -0.470. The topological polar surface area (TPSA) is 59.3 Å². The molecule has 1 aliphatic rings. The van der Waals surface area contributed by atoms with E-state index in [-0.39, 0.29) is 17.8 Å². The van der Waals surface area contributed by atoms with Crippen molar-refractivity contribution in [2.24, 2.45) is 5.92 Å². The molecule has 1 aromatic carbocycles. The van der Waals surface area contributed by atoms with Crippen LogP contribution in [0.25, 0.3) is 0 Å². The van der Waals surface area contributed by atoms with Crippen molar-refractivity contribution in [2.75, 3.05) is 0 Å². The zero-order chi connectivity index (χ0) is 17.3. The molecule has 0 aliphatic heterocycles. The monoisotopic (exact) mass is 329 g/mol. The van der Waals surface area contributed by atoms with Gasteiger partial charge in [-0.15, -0.1) is 0 Å². The second kappa shape index (κ2) is 6.59. The Bertz CT molecular complexity index is 797. The molecule has 1 aromatic heterocycles. The van der Waals surface area contributed by atoms with E-state index in [0.29, 0.717) is 22.8 Å². The van der Waals surface area contributed by atoms with Crippen molar-refractivity contribution in [3.05, 3.63) is 69.0 Å². The van der Waals surface area contributed by atoms with Gasteiger partial charge >= 0.3 is 5.63 Å². The van der Waals surface area contributed by atoms with E-state index in [1.165, 1.54) is 18.2 Å². The van der Waals surface area contributed by atoms with Gasteiger partial charge in [-0.3, -0.25) is 4.79 Å². The van der Waals surface area contributed by atoms with Crippen LogP contribution in [0.4, 0.5) is 4.39 Å². The fourth-order valence-electron chi connectivity index (χ4n) is 3.26. The summed E-state index contributed by atoms with van der Waals surface area (Å²) in [6, 6.07) is 7.41. The van der Waals surface area contributed by atoms with Crippen molar-refractivity contribution in [2.45, 2.75) is 39.2 Å². The van der Waals surface area contributed by atoms with Gasteiger partial charge in [-0.05, 0) is 55.9 Å². The second-order valence-electron chi connectivity index (χ2n) is 6.38. The maximum absolute atomic E-state index is 13.6. The molecular formula is C19H20FNO3. The first-order chi connectivity index (χ1) is 11.5. The van der Waals surface area contributed by atoms with Crippen molar-refractivity contribution in [3.63, 3.8) is 0 Å². The highest BCUT2D eigenvalue weighted by Gasteiger charge is 2.31. The summed E-state index contributed by atoms with van der Waals surface area (Å²) in [5.74, 6) is -0.0183. The number of carbonyl (C=O) groups excluding carboxylic acids is 1. The van der Waals surface area contributed by atoms with Gasteiger partial charge in [0.1, 0.15) is 11.6 Å². The summed E-state index contributed by atoms with van der Waals surface area (Å²) in [4.78, 5) is 24.1.